The molecule has 25 heavy (non-hydrogen) atoms. The molecule has 0 spiro atoms. The number of benzene rings is 2. The minimum absolute atomic E-state index is 0.0625. The lowest BCUT2D eigenvalue weighted by Crippen LogP contribution is -2.23. The first-order valence-corrected chi connectivity index (χ1v) is 9.06. The molecule has 7 nitrogen and oxygen atoms in total. The second kappa shape index (κ2) is 7.22. The maximum Gasteiger partial charge on any atom is 0.242 e. The molecule has 0 aliphatic carbocycles. The average molecular weight is 380 g/mol. The number of halogens is 1. The predicted molar refractivity (Wildman–Crippen MR) is 91.8 cm³/mol. The van der Waals surface area contributed by atoms with Crippen molar-refractivity contribution in [3.05, 3.63) is 59.4 Å². The summed E-state index contributed by atoms with van der Waals surface area (Å²) < 4.78 is 37.1. The molecule has 0 atom stereocenters. The zero-order valence-electron chi connectivity index (χ0n) is 13.1. The first-order valence-electron chi connectivity index (χ1n) is 7.20. The van der Waals surface area contributed by atoms with E-state index in [1.807, 2.05) is 0 Å². The molecule has 0 aliphatic rings. The molecule has 0 saturated heterocycles. The van der Waals surface area contributed by atoms with Crippen LogP contribution >= 0.6 is 11.6 Å². The van der Waals surface area contributed by atoms with E-state index in [1.54, 1.807) is 43.5 Å². The Kier molecular flexibility index (Phi) is 5.03. The number of aromatic nitrogens is 2. The summed E-state index contributed by atoms with van der Waals surface area (Å²) in [5, 5.41) is 4.19. The van der Waals surface area contributed by atoms with Gasteiger partial charge in [-0.2, -0.15) is 4.98 Å². The maximum absolute atomic E-state index is 12.2. The Bertz CT molecular complexity index is 988. The van der Waals surface area contributed by atoms with Gasteiger partial charge in [0, 0.05) is 10.6 Å². The minimum atomic E-state index is -3.73. The third-order valence-electron chi connectivity index (χ3n) is 3.32. The SMILES string of the molecule is COc1cccc(-c2noc(CNS(=O)(=O)c3cccc(Cl)c3)n2)c1. The highest BCUT2D eigenvalue weighted by Gasteiger charge is 2.16. The highest BCUT2D eigenvalue weighted by atomic mass is 35.5. The van der Waals surface area contributed by atoms with Gasteiger partial charge in [-0.15, -0.1) is 0 Å². The van der Waals surface area contributed by atoms with Crippen LogP contribution in [-0.2, 0) is 16.6 Å². The molecule has 2 aromatic carbocycles. The number of ether oxygens (including phenoxy) is 1. The van der Waals surface area contributed by atoms with Crippen LogP contribution in [0.15, 0.2) is 57.9 Å². The normalized spacial score (nSPS) is 11.4. The summed E-state index contributed by atoms with van der Waals surface area (Å²) in [6.45, 7) is -0.133. The van der Waals surface area contributed by atoms with Crippen molar-refractivity contribution >= 4 is 21.6 Å². The van der Waals surface area contributed by atoms with Gasteiger partial charge in [0.25, 0.3) is 0 Å². The number of hydrogen-bond acceptors (Lipinski definition) is 6. The Balaban J connectivity index is 1.73. The molecule has 130 valence electrons. The van der Waals surface area contributed by atoms with Crippen molar-refractivity contribution in [1.82, 2.24) is 14.9 Å². The molecule has 0 bridgehead atoms. The first-order chi connectivity index (χ1) is 12.0. The van der Waals surface area contributed by atoms with Crippen molar-refractivity contribution in [1.29, 1.82) is 0 Å². The van der Waals surface area contributed by atoms with Crippen LogP contribution in [0.1, 0.15) is 5.89 Å². The van der Waals surface area contributed by atoms with E-state index in [2.05, 4.69) is 14.9 Å². The third kappa shape index (κ3) is 4.16. The number of nitrogens with one attached hydrogen (secondary N) is 1. The Morgan fingerprint density at radius 2 is 2.00 bits per heavy atom. The van der Waals surface area contributed by atoms with E-state index >= 15 is 0 Å². The van der Waals surface area contributed by atoms with E-state index in [-0.39, 0.29) is 17.3 Å². The van der Waals surface area contributed by atoms with E-state index < -0.39 is 10.0 Å². The lowest BCUT2D eigenvalue weighted by molar-refractivity contribution is 0.376. The van der Waals surface area contributed by atoms with Gasteiger partial charge in [0.05, 0.1) is 18.6 Å². The van der Waals surface area contributed by atoms with Crippen molar-refractivity contribution in [2.45, 2.75) is 11.4 Å². The van der Waals surface area contributed by atoms with Crippen LogP contribution in [0, 0.1) is 0 Å². The molecule has 0 fully saturated rings. The summed E-state index contributed by atoms with van der Waals surface area (Å²) >= 11 is 5.82. The van der Waals surface area contributed by atoms with E-state index in [4.69, 9.17) is 20.9 Å². The van der Waals surface area contributed by atoms with Gasteiger partial charge in [0.15, 0.2) is 0 Å². The van der Waals surface area contributed by atoms with Crippen molar-refractivity contribution in [3.63, 3.8) is 0 Å². The standard InChI is InChI=1S/C16H14ClN3O4S/c1-23-13-6-2-4-11(8-13)16-19-15(24-20-16)10-18-25(21,22)14-7-3-5-12(17)9-14/h2-9,18H,10H2,1H3. The van der Waals surface area contributed by atoms with Crippen molar-refractivity contribution in [3.8, 4) is 17.1 Å². The molecular formula is C16H14ClN3O4S. The fourth-order valence-corrected chi connectivity index (χ4v) is 3.36. The Morgan fingerprint density at radius 1 is 1.20 bits per heavy atom. The second-order valence-corrected chi connectivity index (χ2v) is 7.23. The Labute approximate surface area is 149 Å². The van der Waals surface area contributed by atoms with Crippen LogP contribution < -0.4 is 9.46 Å². The molecule has 1 N–H and O–H groups in total. The van der Waals surface area contributed by atoms with Gasteiger partial charge in [-0.3, -0.25) is 0 Å². The monoisotopic (exact) mass is 379 g/mol. The number of hydrogen-bond donors (Lipinski definition) is 1. The van der Waals surface area contributed by atoms with Gasteiger partial charge in [-0.1, -0.05) is 35.0 Å². The van der Waals surface area contributed by atoms with E-state index in [0.29, 0.717) is 22.2 Å². The lowest BCUT2D eigenvalue weighted by atomic mass is 10.2. The molecule has 0 radical (unpaired) electrons. The summed E-state index contributed by atoms with van der Waals surface area (Å²) in [7, 11) is -2.17. The smallest absolute Gasteiger partial charge is 0.242 e. The number of sulfonamides is 1. The summed E-state index contributed by atoms with van der Waals surface area (Å²) in [6, 6.07) is 13.1. The third-order valence-corrected chi connectivity index (χ3v) is 4.95. The van der Waals surface area contributed by atoms with E-state index in [0.717, 1.165) is 0 Å². The van der Waals surface area contributed by atoms with Gasteiger partial charge >= 0.3 is 0 Å². The summed E-state index contributed by atoms with van der Waals surface area (Å²) in [4.78, 5) is 4.25. The van der Waals surface area contributed by atoms with Gasteiger partial charge in [0.1, 0.15) is 5.75 Å². The molecule has 0 unspecified atom stereocenters. The molecule has 1 aromatic heterocycles. The second-order valence-electron chi connectivity index (χ2n) is 5.03. The summed E-state index contributed by atoms with van der Waals surface area (Å²) in [5.41, 5.74) is 0.701. The zero-order valence-corrected chi connectivity index (χ0v) is 14.7. The average Bonchev–Trinajstić information content (AvgIpc) is 3.09. The first kappa shape index (κ1) is 17.4. The molecule has 9 heteroatoms. The van der Waals surface area contributed by atoms with E-state index in [1.165, 1.54) is 12.1 Å². The molecule has 1 heterocycles. The molecule has 3 rings (SSSR count). The van der Waals surface area contributed by atoms with Crippen LogP contribution in [0.4, 0.5) is 0 Å². The number of methoxy groups -OCH3 is 1. The van der Waals surface area contributed by atoms with E-state index in [9.17, 15) is 8.42 Å². The van der Waals surface area contributed by atoms with Crippen LogP contribution in [0.2, 0.25) is 5.02 Å². The number of nitrogens with zero attached hydrogens (tertiary/aromatic N) is 2. The van der Waals surface area contributed by atoms with Crippen LogP contribution in [0.3, 0.4) is 0 Å². The van der Waals surface area contributed by atoms with Gasteiger partial charge in [-0.05, 0) is 30.3 Å². The summed E-state index contributed by atoms with van der Waals surface area (Å²) in [6.07, 6.45) is 0. The van der Waals surface area contributed by atoms with Crippen LogP contribution in [-0.4, -0.2) is 25.7 Å². The van der Waals surface area contributed by atoms with Crippen LogP contribution in [0.25, 0.3) is 11.4 Å². The lowest BCUT2D eigenvalue weighted by Gasteiger charge is -2.04. The summed E-state index contributed by atoms with van der Waals surface area (Å²) in [5.74, 6) is 1.14. The van der Waals surface area contributed by atoms with Crippen LogP contribution in [0.5, 0.6) is 5.75 Å². The van der Waals surface area contributed by atoms with Crippen molar-refractivity contribution in [2.75, 3.05) is 7.11 Å². The predicted octanol–water partition coefficient (Wildman–Crippen LogP) is 2.88. The number of rotatable bonds is 6. The van der Waals surface area contributed by atoms with Crippen molar-refractivity contribution in [2.24, 2.45) is 0 Å². The maximum atomic E-state index is 12.2. The Morgan fingerprint density at radius 3 is 2.76 bits per heavy atom. The fourth-order valence-electron chi connectivity index (χ4n) is 2.08. The molecule has 0 saturated carbocycles. The molecule has 0 aliphatic heterocycles. The van der Waals surface area contributed by atoms with Gasteiger partial charge in [-0.25, -0.2) is 13.1 Å². The topological polar surface area (TPSA) is 94.3 Å². The molecular weight excluding hydrogens is 366 g/mol. The molecule has 3 aromatic rings. The minimum Gasteiger partial charge on any atom is -0.497 e. The van der Waals surface area contributed by atoms with Gasteiger partial charge < -0.3 is 9.26 Å². The highest BCUT2D eigenvalue weighted by molar-refractivity contribution is 7.89. The largest absolute Gasteiger partial charge is 0.497 e. The zero-order chi connectivity index (χ0) is 17.9. The fraction of sp³-hybridized carbons (Fsp3) is 0.125. The van der Waals surface area contributed by atoms with Gasteiger partial charge in [0.2, 0.25) is 21.7 Å². The quantitative estimate of drug-likeness (QED) is 0.707. The highest BCUT2D eigenvalue weighted by Crippen LogP contribution is 2.21. The Hall–Kier alpha value is -2.42. The van der Waals surface area contributed by atoms with Crippen molar-refractivity contribution < 1.29 is 17.7 Å². The molecule has 0 amide bonds.